The molecule has 0 saturated carbocycles. The predicted octanol–water partition coefficient (Wildman–Crippen LogP) is 1.42. The van der Waals surface area contributed by atoms with Crippen LogP contribution in [0, 0.1) is 11.6 Å². The summed E-state index contributed by atoms with van der Waals surface area (Å²) < 4.78 is 36.9. The van der Waals surface area contributed by atoms with E-state index in [-0.39, 0.29) is 17.5 Å². The first-order chi connectivity index (χ1) is 9.55. The zero-order valence-corrected chi connectivity index (χ0v) is 11.0. The van der Waals surface area contributed by atoms with Crippen LogP contribution in [0.4, 0.5) is 14.5 Å². The van der Waals surface area contributed by atoms with Gasteiger partial charge in [0.25, 0.3) is 5.91 Å². The molecule has 1 fully saturated rings. The second-order valence-corrected chi connectivity index (χ2v) is 4.52. The maximum Gasteiger partial charge on any atom is 0.253 e. The average molecular weight is 286 g/mol. The number of nitrogens with two attached hydrogens (primary N) is 1. The lowest BCUT2D eigenvalue weighted by Gasteiger charge is -2.15. The van der Waals surface area contributed by atoms with E-state index in [0.717, 1.165) is 6.07 Å². The van der Waals surface area contributed by atoms with Crippen LogP contribution in [-0.4, -0.2) is 31.8 Å². The Kier molecular flexibility index (Phi) is 4.51. The number of carbonyl (C=O) groups excluding carboxylic acids is 1. The van der Waals surface area contributed by atoms with Gasteiger partial charge >= 0.3 is 0 Å². The van der Waals surface area contributed by atoms with Crippen LogP contribution in [0.1, 0.15) is 12.8 Å². The van der Waals surface area contributed by atoms with Gasteiger partial charge in [0.1, 0.15) is 11.9 Å². The zero-order chi connectivity index (χ0) is 14.7. The van der Waals surface area contributed by atoms with Crippen molar-refractivity contribution < 1.29 is 23.0 Å². The fourth-order valence-electron chi connectivity index (χ4n) is 2.15. The Morgan fingerprint density at radius 3 is 2.85 bits per heavy atom. The summed E-state index contributed by atoms with van der Waals surface area (Å²) in [4.78, 5) is 12.0. The van der Waals surface area contributed by atoms with E-state index >= 15 is 0 Å². The van der Waals surface area contributed by atoms with Gasteiger partial charge in [-0.3, -0.25) is 4.79 Å². The second-order valence-electron chi connectivity index (χ2n) is 4.52. The van der Waals surface area contributed by atoms with Crippen LogP contribution in [0.2, 0.25) is 0 Å². The second kappa shape index (κ2) is 6.15. The summed E-state index contributed by atoms with van der Waals surface area (Å²) in [5, 5.41) is 2.42. The van der Waals surface area contributed by atoms with Crippen LogP contribution in [0.25, 0.3) is 0 Å². The first kappa shape index (κ1) is 14.7. The summed E-state index contributed by atoms with van der Waals surface area (Å²) in [6.07, 6.45) is 0.383. The third kappa shape index (κ3) is 3.05. The highest BCUT2D eigenvalue weighted by Gasteiger charge is 2.30. The molecule has 1 aliphatic heterocycles. The number of amides is 1. The number of nitrogens with one attached hydrogen (secondary N) is 1. The van der Waals surface area contributed by atoms with Crippen molar-refractivity contribution in [2.45, 2.75) is 25.0 Å². The van der Waals surface area contributed by atoms with Crippen molar-refractivity contribution in [2.75, 3.05) is 19.0 Å². The SMILES string of the molecule is COc1c(F)cc(F)cc1NC(=O)[C@@H]1CC[C@H](CN)O1. The first-order valence-electron chi connectivity index (χ1n) is 6.24. The molecule has 1 amide bonds. The van der Waals surface area contributed by atoms with Crippen LogP contribution in [0.5, 0.6) is 5.75 Å². The van der Waals surface area contributed by atoms with Crippen molar-refractivity contribution in [2.24, 2.45) is 5.73 Å². The van der Waals surface area contributed by atoms with Crippen molar-refractivity contribution in [3.63, 3.8) is 0 Å². The minimum Gasteiger partial charge on any atom is -0.492 e. The fraction of sp³-hybridized carbons (Fsp3) is 0.462. The molecule has 7 heteroatoms. The van der Waals surface area contributed by atoms with E-state index in [1.165, 1.54) is 7.11 Å². The molecule has 1 aliphatic rings. The van der Waals surface area contributed by atoms with Crippen LogP contribution in [0.15, 0.2) is 12.1 Å². The van der Waals surface area contributed by atoms with E-state index in [9.17, 15) is 13.6 Å². The Bertz CT molecular complexity index is 511. The largest absolute Gasteiger partial charge is 0.492 e. The van der Waals surface area contributed by atoms with Crippen LogP contribution < -0.4 is 15.8 Å². The number of hydrogen-bond donors (Lipinski definition) is 2. The van der Waals surface area contributed by atoms with Gasteiger partial charge in [-0.25, -0.2) is 8.78 Å². The molecule has 0 spiro atoms. The Hall–Kier alpha value is -1.73. The summed E-state index contributed by atoms with van der Waals surface area (Å²) in [6.45, 7) is 0.335. The van der Waals surface area contributed by atoms with Crippen molar-refractivity contribution in [1.29, 1.82) is 0 Å². The van der Waals surface area contributed by atoms with E-state index in [1.54, 1.807) is 0 Å². The van der Waals surface area contributed by atoms with Gasteiger partial charge in [-0.15, -0.1) is 0 Å². The molecule has 5 nitrogen and oxygen atoms in total. The molecule has 1 heterocycles. The molecule has 1 aromatic carbocycles. The molecule has 0 bridgehead atoms. The Labute approximate surface area is 115 Å². The molecule has 3 N–H and O–H groups in total. The molecule has 2 rings (SSSR count). The molecule has 0 unspecified atom stereocenters. The molecule has 1 saturated heterocycles. The van der Waals surface area contributed by atoms with Crippen molar-refractivity contribution >= 4 is 11.6 Å². The molecular formula is C13H16F2N2O3. The normalized spacial score (nSPS) is 21.8. The number of rotatable bonds is 4. The number of anilines is 1. The first-order valence-corrected chi connectivity index (χ1v) is 6.24. The molecule has 2 atom stereocenters. The van der Waals surface area contributed by atoms with Crippen LogP contribution >= 0.6 is 0 Å². The van der Waals surface area contributed by atoms with Crippen LogP contribution in [0.3, 0.4) is 0 Å². The highest BCUT2D eigenvalue weighted by Crippen LogP contribution is 2.30. The van der Waals surface area contributed by atoms with Crippen molar-refractivity contribution in [3.8, 4) is 5.75 Å². The average Bonchev–Trinajstić information content (AvgIpc) is 2.87. The van der Waals surface area contributed by atoms with E-state index in [4.69, 9.17) is 15.2 Å². The lowest BCUT2D eigenvalue weighted by molar-refractivity contribution is -0.126. The van der Waals surface area contributed by atoms with E-state index in [2.05, 4.69) is 5.32 Å². The number of ether oxygens (including phenoxy) is 2. The minimum atomic E-state index is -0.880. The maximum atomic E-state index is 13.5. The lowest BCUT2D eigenvalue weighted by Crippen LogP contribution is -2.30. The number of benzene rings is 1. The summed E-state index contributed by atoms with van der Waals surface area (Å²) in [6, 6.07) is 1.68. The molecule has 20 heavy (non-hydrogen) atoms. The number of methoxy groups -OCH3 is 1. The summed E-state index contributed by atoms with van der Waals surface area (Å²) in [5.74, 6) is -2.36. The molecule has 1 aromatic rings. The summed E-state index contributed by atoms with van der Waals surface area (Å²) in [7, 11) is 1.24. The summed E-state index contributed by atoms with van der Waals surface area (Å²) >= 11 is 0. The van der Waals surface area contributed by atoms with Gasteiger partial charge in [0.2, 0.25) is 0 Å². The third-order valence-electron chi connectivity index (χ3n) is 3.13. The fourth-order valence-corrected chi connectivity index (χ4v) is 2.15. The predicted molar refractivity (Wildman–Crippen MR) is 68.5 cm³/mol. The highest BCUT2D eigenvalue weighted by atomic mass is 19.1. The lowest BCUT2D eigenvalue weighted by atomic mass is 10.2. The standard InChI is InChI=1S/C13H16F2N2O3/c1-19-12-9(15)4-7(14)5-10(12)17-13(18)11-3-2-8(6-16)20-11/h4-5,8,11H,2-3,6,16H2,1H3,(H,17,18)/t8-,11+/m1/s1. The smallest absolute Gasteiger partial charge is 0.253 e. The maximum absolute atomic E-state index is 13.5. The van der Waals surface area contributed by atoms with Crippen molar-refractivity contribution in [1.82, 2.24) is 0 Å². The molecule has 110 valence electrons. The quantitative estimate of drug-likeness (QED) is 0.878. The molecule has 0 radical (unpaired) electrons. The van der Waals surface area contributed by atoms with Gasteiger partial charge in [0, 0.05) is 18.7 Å². The van der Waals surface area contributed by atoms with E-state index in [1.807, 2.05) is 0 Å². The highest BCUT2D eigenvalue weighted by molar-refractivity contribution is 5.95. The minimum absolute atomic E-state index is 0.0604. The van der Waals surface area contributed by atoms with Gasteiger partial charge in [-0.2, -0.15) is 0 Å². The number of carbonyl (C=O) groups is 1. The molecule has 0 aliphatic carbocycles. The molecule has 0 aromatic heterocycles. The monoisotopic (exact) mass is 286 g/mol. The number of hydrogen-bond acceptors (Lipinski definition) is 4. The molecular weight excluding hydrogens is 270 g/mol. The summed E-state index contributed by atoms with van der Waals surface area (Å²) in [5.41, 5.74) is 5.40. The van der Waals surface area contributed by atoms with Gasteiger partial charge in [0.05, 0.1) is 18.9 Å². The van der Waals surface area contributed by atoms with Gasteiger partial charge < -0.3 is 20.5 Å². The Balaban J connectivity index is 2.12. The number of halogens is 2. The van der Waals surface area contributed by atoms with Gasteiger partial charge in [0.15, 0.2) is 11.6 Å². The Morgan fingerprint density at radius 1 is 1.50 bits per heavy atom. The van der Waals surface area contributed by atoms with E-state index < -0.39 is 23.6 Å². The topological polar surface area (TPSA) is 73.6 Å². The van der Waals surface area contributed by atoms with Crippen molar-refractivity contribution in [3.05, 3.63) is 23.8 Å². The van der Waals surface area contributed by atoms with Crippen LogP contribution in [-0.2, 0) is 9.53 Å². The zero-order valence-electron chi connectivity index (χ0n) is 11.0. The van der Waals surface area contributed by atoms with E-state index in [0.29, 0.717) is 25.5 Å². The van der Waals surface area contributed by atoms with Gasteiger partial charge in [-0.05, 0) is 12.8 Å². The van der Waals surface area contributed by atoms with Gasteiger partial charge in [-0.1, -0.05) is 0 Å². The Morgan fingerprint density at radius 2 is 2.25 bits per heavy atom. The third-order valence-corrected chi connectivity index (χ3v) is 3.13.